The van der Waals surface area contributed by atoms with Crippen molar-refractivity contribution in [2.24, 2.45) is 0 Å². The summed E-state index contributed by atoms with van der Waals surface area (Å²) >= 11 is 0. The van der Waals surface area contributed by atoms with E-state index in [9.17, 15) is 18.0 Å². The number of likely N-dealkylation sites (tertiary alicyclic amines) is 1. The zero-order chi connectivity index (χ0) is 14.5. The average molecular weight is 293 g/mol. The summed E-state index contributed by atoms with van der Waals surface area (Å²) in [4.78, 5) is 23.9. The standard InChI is InChI=1S/C11H19NO6S/c1-3-4-5-17-11(14)12-7-10(6-9(12)8-13)18-19(2,15)16/h8-10H,3-7H2,1-2H3/t9-,10?/m0/s1. The van der Waals surface area contributed by atoms with Gasteiger partial charge in [0.2, 0.25) is 0 Å². The van der Waals surface area contributed by atoms with E-state index < -0.39 is 28.4 Å². The van der Waals surface area contributed by atoms with Crippen LogP contribution in [0.5, 0.6) is 0 Å². The molecule has 0 N–H and O–H groups in total. The van der Waals surface area contributed by atoms with E-state index in [1.165, 1.54) is 4.90 Å². The number of rotatable bonds is 6. The molecule has 7 nitrogen and oxygen atoms in total. The maximum absolute atomic E-state index is 11.7. The van der Waals surface area contributed by atoms with Gasteiger partial charge in [-0.3, -0.25) is 9.08 Å². The number of amides is 1. The molecular formula is C11H19NO6S. The number of ether oxygens (including phenoxy) is 1. The molecule has 1 aliphatic heterocycles. The molecule has 0 aliphatic carbocycles. The first kappa shape index (κ1) is 15.9. The molecule has 0 aromatic carbocycles. The van der Waals surface area contributed by atoms with E-state index >= 15 is 0 Å². The lowest BCUT2D eigenvalue weighted by Crippen LogP contribution is -2.37. The number of carbonyl (C=O) groups is 2. The molecule has 1 saturated heterocycles. The topological polar surface area (TPSA) is 90.0 Å². The minimum Gasteiger partial charge on any atom is -0.449 e. The van der Waals surface area contributed by atoms with Crippen molar-refractivity contribution >= 4 is 22.5 Å². The van der Waals surface area contributed by atoms with Crippen LogP contribution >= 0.6 is 0 Å². The lowest BCUT2D eigenvalue weighted by Gasteiger charge is -2.19. The van der Waals surface area contributed by atoms with Gasteiger partial charge < -0.3 is 9.53 Å². The van der Waals surface area contributed by atoms with Crippen molar-refractivity contribution in [3.05, 3.63) is 0 Å². The average Bonchev–Trinajstić information content (AvgIpc) is 2.69. The van der Waals surface area contributed by atoms with Crippen LogP contribution in [0.15, 0.2) is 0 Å². The van der Waals surface area contributed by atoms with Crippen molar-refractivity contribution in [1.82, 2.24) is 4.90 Å². The molecular weight excluding hydrogens is 274 g/mol. The van der Waals surface area contributed by atoms with E-state index in [1.54, 1.807) is 0 Å². The molecule has 0 radical (unpaired) electrons. The van der Waals surface area contributed by atoms with E-state index in [0.717, 1.165) is 19.1 Å². The van der Waals surface area contributed by atoms with Gasteiger partial charge >= 0.3 is 6.09 Å². The molecule has 0 aromatic rings. The minimum atomic E-state index is -3.60. The highest BCUT2D eigenvalue weighted by atomic mass is 32.2. The van der Waals surface area contributed by atoms with Crippen LogP contribution in [0, 0.1) is 0 Å². The van der Waals surface area contributed by atoms with Crippen molar-refractivity contribution < 1.29 is 26.9 Å². The SMILES string of the molecule is CCCCOC(=O)N1CC(OS(C)(=O)=O)C[C@H]1C=O. The summed E-state index contributed by atoms with van der Waals surface area (Å²) in [5.41, 5.74) is 0. The first-order valence-corrected chi connectivity index (χ1v) is 7.96. The molecule has 0 saturated carbocycles. The normalized spacial score (nSPS) is 23.4. The van der Waals surface area contributed by atoms with Crippen molar-refractivity contribution in [3.8, 4) is 0 Å². The Morgan fingerprint density at radius 2 is 2.16 bits per heavy atom. The highest BCUT2D eigenvalue weighted by Gasteiger charge is 2.38. The molecule has 0 bridgehead atoms. The van der Waals surface area contributed by atoms with E-state index in [0.29, 0.717) is 6.29 Å². The molecule has 1 unspecified atom stereocenters. The van der Waals surface area contributed by atoms with Gasteiger partial charge in [-0.25, -0.2) is 4.79 Å². The Morgan fingerprint density at radius 3 is 2.68 bits per heavy atom. The fraction of sp³-hybridized carbons (Fsp3) is 0.818. The van der Waals surface area contributed by atoms with Crippen LogP contribution in [0.2, 0.25) is 0 Å². The summed E-state index contributed by atoms with van der Waals surface area (Å²) in [5.74, 6) is 0. The van der Waals surface area contributed by atoms with Crippen LogP contribution in [0.4, 0.5) is 4.79 Å². The predicted molar refractivity (Wildman–Crippen MR) is 67.1 cm³/mol. The summed E-state index contributed by atoms with van der Waals surface area (Å²) in [5, 5.41) is 0. The second-order valence-corrected chi connectivity index (χ2v) is 6.08. The molecule has 8 heteroatoms. The Bertz CT molecular complexity index is 421. The molecule has 1 amide bonds. The molecule has 0 aromatic heterocycles. The van der Waals surface area contributed by atoms with Crippen LogP contribution in [-0.4, -0.2) is 57.3 Å². The van der Waals surface area contributed by atoms with E-state index in [2.05, 4.69) is 0 Å². The molecule has 19 heavy (non-hydrogen) atoms. The summed E-state index contributed by atoms with van der Waals surface area (Å²) in [6, 6.07) is -0.694. The Balaban J connectivity index is 2.57. The lowest BCUT2D eigenvalue weighted by molar-refractivity contribution is -0.111. The summed E-state index contributed by atoms with van der Waals surface area (Å²) in [7, 11) is -3.60. The van der Waals surface area contributed by atoms with Gasteiger partial charge in [0.05, 0.1) is 31.6 Å². The summed E-state index contributed by atoms with van der Waals surface area (Å²) < 4.78 is 31.8. The van der Waals surface area contributed by atoms with Crippen molar-refractivity contribution in [2.45, 2.75) is 38.3 Å². The van der Waals surface area contributed by atoms with Gasteiger partial charge in [0.25, 0.3) is 10.1 Å². The number of carbonyl (C=O) groups excluding carboxylic acids is 2. The number of aldehydes is 1. The first-order valence-electron chi connectivity index (χ1n) is 6.14. The fourth-order valence-corrected chi connectivity index (χ4v) is 2.50. The van der Waals surface area contributed by atoms with Crippen LogP contribution in [0.25, 0.3) is 0 Å². The van der Waals surface area contributed by atoms with Gasteiger partial charge in [-0.1, -0.05) is 13.3 Å². The van der Waals surface area contributed by atoms with Crippen LogP contribution in [-0.2, 0) is 23.8 Å². The maximum Gasteiger partial charge on any atom is 0.410 e. The second kappa shape index (κ2) is 6.85. The molecule has 1 aliphatic rings. The van der Waals surface area contributed by atoms with Crippen molar-refractivity contribution in [1.29, 1.82) is 0 Å². The Morgan fingerprint density at radius 1 is 1.47 bits per heavy atom. The number of hydrogen-bond acceptors (Lipinski definition) is 6. The molecule has 1 rings (SSSR count). The van der Waals surface area contributed by atoms with Gasteiger partial charge in [0.15, 0.2) is 0 Å². The Kier molecular flexibility index (Phi) is 5.74. The van der Waals surface area contributed by atoms with E-state index in [1.807, 2.05) is 6.92 Å². The molecule has 110 valence electrons. The third-order valence-electron chi connectivity index (χ3n) is 2.73. The van der Waals surface area contributed by atoms with Gasteiger partial charge in [-0.15, -0.1) is 0 Å². The Labute approximate surface area is 113 Å². The lowest BCUT2D eigenvalue weighted by atomic mass is 10.2. The third kappa shape index (κ3) is 5.15. The van der Waals surface area contributed by atoms with E-state index in [4.69, 9.17) is 8.92 Å². The zero-order valence-electron chi connectivity index (χ0n) is 11.1. The monoisotopic (exact) mass is 293 g/mol. The number of hydrogen-bond donors (Lipinski definition) is 0. The highest BCUT2D eigenvalue weighted by Crippen LogP contribution is 2.21. The van der Waals surface area contributed by atoms with Gasteiger partial charge in [-0.2, -0.15) is 8.42 Å². The van der Waals surface area contributed by atoms with E-state index in [-0.39, 0.29) is 19.6 Å². The Hall–Kier alpha value is -1.15. The van der Waals surface area contributed by atoms with Gasteiger partial charge in [0.1, 0.15) is 6.29 Å². The molecule has 1 fully saturated rings. The van der Waals surface area contributed by atoms with Gasteiger partial charge in [0, 0.05) is 6.42 Å². The van der Waals surface area contributed by atoms with Crippen LogP contribution in [0.3, 0.4) is 0 Å². The zero-order valence-corrected chi connectivity index (χ0v) is 11.9. The molecule has 2 atom stereocenters. The van der Waals surface area contributed by atoms with Crippen molar-refractivity contribution in [2.75, 3.05) is 19.4 Å². The second-order valence-electron chi connectivity index (χ2n) is 4.48. The summed E-state index contributed by atoms with van der Waals surface area (Å²) in [6.07, 6.45) is 2.05. The molecule has 0 spiro atoms. The highest BCUT2D eigenvalue weighted by molar-refractivity contribution is 7.86. The fourth-order valence-electron chi connectivity index (χ4n) is 1.87. The predicted octanol–water partition coefficient (Wildman–Crippen LogP) is 0.541. The first-order chi connectivity index (χ1) is 8.87. The smallest absolute Gasteiger partial charge is 0.410 e. The third-order valence-corrected chi connectivity index (χ3v) is 3.35. The van der Waals surface area contributed by atoms with Crippen LogP contribution in [0.1, 0.15) is 26.2 Å². The quantitative estimate of drug-likeness (QED) is 0.403. The molecule has 1 heterocycles. The van der Waals surface area contributed by atoms with Crippen LogP contribution < -0.4 is 0 Å². The summed E-state index contributed by atoms with van der Waals surface area (Å²) in [6.45, 7) is 2.30. The number of unbranched alkanes of at least 4 members (excludes halogenated alkanes) is 1. The minimum absolute atomic E-state index is 0.0431. The maximum atomic E-state index is 11.7. The van der Waals surface area contributed by atoms with Gasteiger partial charge in [-0.05, 0) is 6.42 Å². The largest absolute Gasteiger partial charge is 0.449 e. The van der Waals surface area contributed by atoms with Crippen molar-refractivity contribution in [3.63, 3.8) is 0 Å². The number of nitrogens with zero attached hydrogens (tertiary/aromatic N) is 1.